The minimum atomic E-state index is -1.69. The predicted octanol–water partition coefficient (Wildman–Crippen LogP) is 0.460. The molecule has 0 fully saturated rings. The van der Waals surface area contributed by atoms with Crippen molar-refractivity contribution < 1.29 is 53.4 Å². The second kappa shape index (κ2) is 24.7. The molecule has 2 aromatic carbocycles. The van der Waals surface area contributed by atoms with Crippen molar-refractivity contribution >= 4 is 76.0 Å². The molecule has 0 aliphatic heterocycles. The molecule has 336 valence electrons. The minimum Gasteiger partial charge on any atom is -0.481 e. The molecular weight excluding hydrogens is 825 g/mol. The highest BCUT2D eigenvalue weighted by Gasteiger charge is 2.35. The number of para-hydroxylation sites is 1. The van der Waals surface area contributed by atoms with Gasteiger partial charge in [-0.1, -0.05) is 62.4 Å². The molecule has 0 unspecified atom stereocenters. The van der Waals surface area contributed by atoms with E-state index in [0.29, 0.717) is 16.9 Å². The summed E-state index contributed by atoms with van der Waals surface area (Å²) in [4.78, 5) is 120. The number of carbonyl (C=O) groups excluding carboxylic acids is 7. The van der Waals surface area contributed by atoms with Gasteiger partial charge < -0.3 is 52.4 Å². The van der Waals surface area contributed by atoms with E-state index in [2.05, 4.69) is 31.6 Å². The van der Waals surface area contributed by atoms with E-state index in [4.69, 9.17) is 10.8 Å². The number of benzene rings is 2. The normalized spacial score (nSPS) is 13.4. The molecule has 0 aliphatic carbocycles. The number of aromatic amines is 1. The van der Waals surface area contributed by atoms with Crippen LogP contribution in [0.1, 0.15) is 57.1 Å². The second-order valence-corrected chi connectivity index (χ2v) is 16.1. The Morgan fingerprint density at radius 3 is 2.00 bits per heavy atom. The number of aromatic nitrogens is 1. The molecule has 3 rings (SSSR count). The van der Waals surface area contributed by atoms with Crippen LogP contribution in [-0.4, -0.2) is 129 Å². The topological polar surface area (TPSA) is 299 Å². The van der Waals surface area contributed by atoms with Crippen LogP contribution in [0.5, 0.6) is 0 Å². The number of H-pyrrole nitrogens is 1. The summed E-state index contributed by atoms with van der Waals surface area (Å²) in [6.07, 6.45) is 1.82. The maximum Gasteiger partial charge on any atom is 0.305 e. The fourth-order valence-corrected chi connectivity index (χ4v) is 7.01. The van der Waals surface area contributed by atoms with Crippen LogP contribution in [-0.2, 0) is 56.0 Å². The molecule has 10 N–H and O–H groups in total. The molecule has 1 heterocycles. The predicted molar refractivity (Wildman–Crippen MR) is 230 cm³/mol. The summed E-state index contributed by atoms with van der Waals surface area (Å²) >= 11 is 1.47. The Bertz CT molecular complexity index is 2060. The molecule has 0 aliphatic rings. The van der Waals surface area contributed by atoms with Crippen LogP contribution in [0.25, 0.3) is 10.9 Å². The number of amides is 7. The van der Waals surface area contributed by atoms with E-state index in [1.165, 1.54) is 18.8 Å². The van der Waals surface area contributed by atoms with Gasteiger partial charge in [0, 0.05) is 43.4 Å². The number of carboxylic acids is 2. The number of fused-ring (bicyclic) bond motifs is 1. The number of rotatable bonds is 26. The summed E-state index contributed by atoms with van der Waals surface area (Å²) in [5, 5.41) is 31.8. The molecule has 0 bridgehead atoms. The Morgan fingerprint density at radius 2 is 1.37 bits per heavy atom. The smallest absolute Gasteiger partial charge is 0.305 e. The van der Waals surface area contributed by atoms with Gasteiger partial charge in [0.25, 0.3) is 0 Å². The summed E-state index contributed by atoms with van der Waals surface area (Å²) in [7, 11) is 1.34. The number of likely N-dealkylation sites (N-methyl/N-ethyl adjacent to an activating group) is 1. The second-order valence-electron chi connectivity index (χ2n) is 15.1. The van der Waals surface area contributed by atoms with E-state index in [9.17, 15) is 48.3 Å². The van der Waals surface area contributed by atoms with E-state index in [1.807, 2.05) is 38.3 Å². The van der Waals surface area contributed by atoms with Gasteiger partial charge in [-0.3, -0.25) is 43.2 Å². The quantitative estimate of drug-likeness (QED) is 0.0532. The third-order valence-corrected chi connectivity index (χ3v) is 10.4. The van der Waals surface area contributed by atoms with Crippen LogP contribution in [0.15, 0.2) is 60.8 Å². The van der Waals surface area contributed by atoms with Gasteiger partial charge in [-0.2, -0.15) is 11.8 Å². The lowest BCUT2D eigenvalue weighted by Gasteiger charge is -2.32. The van der Waals surface area contributed by atoms with Crippen molar-refractivity contribution in [2.45, 2.75) is 89.0 Å². The van der Waals surface area contributed by atoms with Crippen LogP contribution in [0, 0.1) is 5.92 Å². The van der Waals surface area contributed by atoms with Crippen molar-refractivity contribution in [3.05, 3.63) is 71.9 Å². The lowest BCUT2D eigenvalue weighted by Crippen LogP contribution is -2.59. The fraction of sp³-hybridized carbons (Fsp3) is 0.452. The van der Waals surface area contributed by atoms with Gasteiger partial charge in [-0.25, -0.2) is 0 Å². The summed E-state index contributed by atoms with van der Waals surface area (Å²) in [5.41, 5.74) is 7.48. The van der Waals surface area contributed by atoms with Gasteiger partial charge in [-0.15, -0.1) is 0 Å². The van der Waals surface area contributed by atoms with E-state index in [-0.39, 0.29) is 31.6 Å². The fourth-order valence-electron chi connectivity index (χ4n) is 6.53. The van der Waals surface area contributed by atoms with Crippen LogP contribution in [0.2, 0.25) is 0 Å². The van der Waals surface area contributed by atoms with Crippen molar-refractivity contribution in [1.82, 2.24) is 36.5 Å². The zero-order chi connectivity index (χ0) is 45.9. The third-order valence-electron chi connectivity index (χ3n) is 9.75. The summed E-state index contributed by atoms with van der Waals surface area (Å²) in [5.74, 6) is -7.81. The van der Waals surface area contributed by atoms with E-state index >= 15 is 0 Å². The summed E-state index contributed by atoms with van der Waals surface area (Å²) in [6.45, 7) is 3.07. The number of hydrogen-bond acceptors (Lipinski definition) is 10. The van der Waals surface area contributed by atoms with E-state index < -0.39 is 109 Å². The van der Waals surface area contributed by atoms with Gasteiger partial charge in [-0.05, 0) is 48.0 Å². The van der Waals surface area contributed by atoms with Crippen molar-refractivity contribution in [1.29, 1.82) is 0 Å². The SMILES string of the molecule is CSCC[C@H](NC(=O)[C@H](CC(C)C)NC(=O)CNC(=O)[C@H](Cc1c[nH]c2ccccc12)N(C)C(=O)[C@H](Cc1ccccc1)NC(=O)[C@H](CC(=O)O)NC(=O)CCC(=O)O)C(N)=O. The largest absolute Gasteiger partial charge is 0.481 e. The molecule has 19 nitrogen and oxygen atoms in total. The summed E-state index contributed by atoms with van der Waals surface area (Å²) in [6, 6.07) is 9.33. The lowest BCUT2D eigenvalue weighted by molar-refractivity contribution is -0.144. The van der Waals surface area contributed by atoms with E-state index in [1.54, 1.807) is 42.6 Å². The first-order valence-corrected chi connectivity index (χ1v) is 21.3. The molecule has 0 saturated carbocycles. The zero-order valence-corrected chi connectivity index (χ0v) is 35.9. The number of primary amides is 1. The highest BCUT2D eigenvalue weighted by atomic mass is 32.2. The standard InChI is InChI=1S/C42H56N8O11S/c1-24(2)18-30(39(58)48-29(38(43)57)16-17-62-4)47-35(52)23-45-41(60)33(20-26-22-44-28-13-9-8-12-27(26)28)50(3)42(61)32(19-25-10-6-5-7-11-25)49-40(59)31(21-37(55)56)46-34(51)14-15-36(53)54/h5-13,22,24,29-33,44H,14-21,23H2,1-4H3,(H2,43,57)(H,45,60)(H,46,51)(H,47,52)(H,48,58)(H,49,59)(H,53,54)(H,55,56)/t29-,30-,31-,32-,33-/m0/s1. The first-order valence-electron chi connectivity index (χ1n) is 19.9. The van der Waals surface area contributed by atoms with E-state index in [0.717, 1.165) is 15.8 Å². The van der Waals surface area contributed by atoms with Gasteiger partial charge in [0.15, 0.2) is 0 Å². The van der Waals surface area contributed by atoms with Crippen molar-refractivity contribution in [3.8, 4) is 0 Å². The molecule has 7 amide bonds. The van der Waals surface area contributed by atoms with Gasteiger partial charge >= 0.3 is 11.9 Å². The molecule has 0 saturated heterocycles. The molecule has 20 heteroatoms. The molecule has 3 aromatic rings. The van der Waals surface area contributed by atoms with Crippen LogP contribution >= 0.6 is 11.8 Å². The van der Waals surface area contributed by atoms with Gasteiger partial charge in [0.2, 0.25) is 41.4 Å². The monoisotopic (exact) mass is 880 g/mol. The maximum atomic E-state index is 14.5. The van der Waals surface area contributed by atoms with Crippen molar-refractivity contribution in [2.75, 3.05) is 25.6 Å². The zero-order valence-electron chi connectivity index (χ0n) is 35.1. The Hall–Kier alpha value is -6.44. The van der Waals surface area contributed by atoms with Crippen LogP contribution in [0.3, 0.4) is 0 Å². The maximum absolute atomic E-state index is 14.5. The minimum absolute atomic E-state index is 0.0592. The highest BCUT2D eigenvalue weighted by molar-refractivity contribution is 7.98. The lowest BCUT2D eigenvalue weighted by atomic mass is 10.00. The average Bonchev–Trinajstić information content (AvgIpc) is 3.63. The number of hydrogen-bond donors (Lipinski definition) is 9. The molecule has 0 radical (unpaired) electrons. The Balaban J connectivity index is 1.92. The molecule has 0 spiro atoms. The number of carboxylic acid groups (broad SMARTS) is 2. The molecule has 5 atom stereocenters. The third kappa shape index (κ3) is 16.2. The first-order chi connectivity index (χ1) is 29.4. The number of carbonyl (C=O) groups is 9. The van der Waals surface area contributed by atoms with Crippen molar-refractivity contribution in [2.24, 2.45) is 11.7 Å². The van der Waals surface area contributed by atoms with Crippen LogP contribution < -0.4 is 32.3 Å². The number of nitrogens with two attached hydrogens (primary N) is 1. The van der Waals surface area contributed by atoms with Gasteiger partial charge in [0.05, 0.1) is 19.4 Å². The molecular formula is C42H56N8O11S. The highest BCUT2D eigenvalue weighted by Crippen LogP contribution is 2.21. The Labute approximate surface area is 363 Å². The average molecular weight is 881 g/mol. The first kappa shape index (κ1) is 49.9. The summed E-state index contributed by atoms with van der Waals surface area (Å²) < 4.78 is 0. The Kier molecular flexibility index (Phi) is 19.9. The Morgan fingerprint density at radius 1 is 0.742 bits per heavy atom. The van der Waals surface area contributed by atoms with Gasteiger partial charge in [0.1, 0.15) is 30.2 Å². The number of thioether (sulfide) groups is 1. The molecule has 1 aromatic heterocycles. The number of nitrogens with one attached hydrogen (secondary N) is 6. The number of nitrogens with zero attached hydrogens (tertiary/aromatic N) is 1. The number of aliphatic carboxylic acids is 2. The van der Waals surface area contributed by atoms with Crippen molar-refractivity contribution in [3.63, 3.8) is 0 Å². The van der Waals surface area contributed by atoms with Crippen LogP contribution in [0.4, 0.5) is 0 Å². The molecule has 62 heavy (non-hydrogen) atoms.